The smallest absolute Gasteiger partial charge is 0.157 e. The highest BCUT2D eigenvalue weighted by molar-refractivity contribution is 7.78. The number of allylic oxidation sites excluding steroid dienone is 1. The van der Waals surface area contributed by atoms with Gasteiger partial charge in [0.1, 0.15) is 28.8 Å². The monoisotopic (exact) mass is 443 g/mol. The number of aldehydes is 1. The number of fused-ring (bicyclic) bond motifs is 1. The predicted octanol–water partition coefficient (Wildman–Crippen LogP) is 4.84. The summed E-state index contributed by atoms with van der Waals surface area (Å²) in [4.78, 5) is 16.2. The SMILES string of the molecule is O=CC1C(c2ccc(Cl)nc2)=C(c2ccc(CS(=O)O)cc2)Oc2cc(F)ccc21. The molecule has 0 radical (unpaired) electrons. The number of hydrogen-bond donors (Lipinski definition) is 1. The van der Waals surface area contributed by atoms with Crippen LogP contribution in [0.2, 0.25) is 5.15 Å². The van der Waals surface area contributed by atoms with Crippen LogP contribution in [-0.2, 0) is 21.6 Å². The maximum absolute atomic E-state index is 13.8. The van der Waals surface area contributed by atoms with Gasteiger partial charge in [0.2, 0.25) is 0 Å². The van der Waals surface area contributed by atoms with Gasteiger partial charge in [-0.2, -0.15) is 0 Å². The zero-order chi connectivity index (χ0) is 21.3. The van der Waals surface area contributed by atoms with E-state index in [-0.39, 0.29) is 11.5 Å². The molecule has 1 aliphatic rings. The van der Waals surface area contributed by atoms with Crippen LogP contribution in [-0.4, -0.2) is 20.0 Å². The molecule has 3 aromatic rings. The molecule has 2 aromatic carbocycles. The average molecular weight is 444 g/mol. The summed E-state index contributed by atoms with van der Waals surface area (Å²) in [5.74, 6) is -0.537. The average Bonchev–Trinajstić information content (AvgIpc) is 2.73. The first-order chi connectivity index (χ1) is 14.5. The van der Waals surface area contributed by atoms with Crippen molar-refractivity contribution in [2.24, 2.45) is 0 Å². The van der Waals surface area contributed by atoms with E-state index in [4.69, 9.17) is 20.9 Å². The minimum Gasteiger partial charge on any atom is -0.456 e. The van der Waals surface area contributed by atoms with E-state index in [1.165, 1.54) is 18.2 Å². The minimum atomic E-state index is -1.96. The molecule has 152 valence electrons. The van der Waals surface area contributed by atoms with Crippen LogP contribution in [0.3, 0.4) is 0 Å². The number of rotatable bonds is 5. The van der Waals surface area contributed by atoms with Crippen molar-refractivity contribution in [1.82, 2.24) is 4.98 Å². The van der Waals surface area contributed by atoms with Crippen molar-refractivity contribution in [3.05, 3.63) is 94.0 Å². The number of aromatic nitrogens is 1. The molecule has 0 saturated carbocycles. The molecule has 1 aromatic heterocycles. The van der Waals surface area contributed by atoms with Gasteiger partial charge in [-0.15, -0.1) is 0 Å². The summed E-state index contributed by atoms with van der Waals surface area (Å²) in [6.45, 7) is 0. The Morgan fingerprint density at radius 3 is 2.50 bits per heavy atom. The number of carbonyl (C=O) groups is 1. The lowest BCUT2D eigenvalue weighted by Gasteiger charge is -2.28. The van der Waals surface area contributed by atoms with Crippen molar-refractivity contribution in [2.75, 3.05) is 0 Å². The molecule has 0 fully saturated rings. The van der Waals surface area contributed by atoms with E-state index in [0.717, 1.165) is 6.29 Å². The molecule has 0 spiro atoms. The first-order valence-electron chi connectivity index (χ1n) is 8.91. The van der Waals surface area contributed by atoms with Gasteiger partial charge in [0.05, 0.1) is 11.7 Å². The first-order valence-corrected chi connectivity index (χ1v) is 10.6. The van der Waals surface area contributed by atoms with Crippen molar-refractivity contribution in [1.29, 1.82) is 0 Å². The van der Waals surface area contributed by atoms with Crippen molar-refractivity contribution >= 4 is 40.3 Å². The molecule has 0 amide bonds. The Morgan fingerprint density at radius 2 is 1.87 bits per heavy atom. The van der Waals surface area contributed by atoms with Crippen LogP contribution in [0.4, 0.5) is 4.39 Å². The Balaban J connectivity index is 1.90. The molecule has 0 aliphatic carbocycles. The number of hydrogen-bond acceptors (Lipinski definition) is 4. The molecule has 1 N–H and O–H groups in total. The fraction of sp³-hybridized carbons (Fsp3) is 0.0909. The maximum Gasteiger partial charge on any atom is 0.157 e. The van der Waals surface area contributed by atoms with Gasteiger partial charge in [-0.25, -0.2) is 13.6 Å². The molecular weight excluding hydrogens is 429 g/mol. The normalized spacial score (nSPS) is 16.6. The third-order valence-corrected chi connectivity index (χ3v) is 5.56. The Kier molecular flexibility index (Phi) is 5.76. The van der Waals surface area contributed by atoms with Crippen molar-refractivity contribution in [3.8, 4) is 5.75 Å². The maximum atomic E-state index is 13.8. The van der Waals surface area contributed by atoms with E-state index < -0.39 is 22.8 Å². The topological polar surface area (TPSA) is 76.5 Å². The van der Waals surface area contributed by atoms with Crippen molar-refractivity contribution < 1.29 is 22.7 Å². The lowest BCUT2D eigenvalue weighted by atomic mass is 9.84. The summed E-state index contributed by atoms with van der Waals surface area (Å²) < 4.78 is 40.0. The second-order valence-electron chi connectivity index (χ2n) is 6.67. The van der Waals surface area contributed by atoms with Gasteiger partial charge in [0, 0.05) is 34.5 Å². The Morgan fingerprint density at radius 1 is 1.13 bits per heavy atom. The largest absolute Gasteiger partial charge is 0.456 e. The van der Waals surface area contributed by atoms with Gasteiger partial charge in [0.15, 0.2) is 11.1 Å². The molecular formula is C22H15ClFNO4S. The van der Waals surface area contributed by atoms with E-state index in [1.807, 2.05) is 0 Å². The van der Waals surface area contributed by atoms with Gasteiger partial charge in [-0.05, 0) is 23.8 Å². The highest BCUT2D eigenvalue weighted by atomic mass is 35.5. The minimum absolute atomic E-state index is 0.000840. The molecule has 8 heteroatoms. The molecule has 4 rings (SSSR count). The molecule has 1 aliphatic heterocycles. The summed E-state index contributed by atoms with van der Waals surface area (Å²) in [7, 11) is 0. The Bertz CT molecular complexity index is 1160. The number of halogens is 2. The van der Waals surface area contributed by atoms with Crippen LogP contribution in [0.5, 0.6) is 5.75 Å². The fourth-order valence-corrected chi connectivity index (χ4v) is 4.00. The lowest BCUT2D eigenvalue weighted by Crippen LogP contribution is -2.16. The number of carbonyl (C=O) groups excluding carboxylic acids is 1. The van der Waals surface area contributed by atoms with Crippen LogP contribution in [0.15, 0.2) is 60.8 Å². The molecule has 2 atom stereocenters. The van der Waals surface area contributed by atoms with E-state index in [1.54, 1.807) is 42.6 Å². The lowest BCUT2D eigenvalue weighted by molar-refractivity contribution is -0.108. The molecule has 2 unspecified atom stereocenters. The first kappa shape index (κ1) is 20.4. The Hall–Kier alpha value is -2.87. The zero-order valence-corrected chi connectivity index (χ0v) is 17.0. The molecule has 2 heterocycles. The van der Waals surface area contributed by atoms with Crippen LogP contribution in [0.25, 0.3) is 11.3 Å². The molecule has 5 nitrogen and oxygen atoms in total. The van der Waals surface area contributed by atoms with E-state index in [9.17, 15) is 13.4 Å². The van der Waals surface area contributed by atoms with Crippen LogP contribution >= 0.6 is 11.6 Å². The van der Waals surface area contributed by atoms with Gasteiger partial charge < -0.3 is 14.1 Å². The molecule has 30 heavy (non-hydrogen) atoms. The quantitative estimate of drug-likeness (QED) is 0.347. The van der Waals surface area contributed by atoms with Gasteiger partial charge >= 0.3 is 0 Å². The zero-order valence-electron chi connectivity index (χ0n) is 15.4. The standard InChI is InChI=1S/C22H15ClFNO4S/c23-20-8-5-15(10-25-20)21-18(11-26)17-7-6-16(24)9-19(17)29-22(21)14-3-1-13(2-4-14)12-30(27)28/h1-11,18H,12H2,(H,27,28). The summed E-state index contributed by atoms with van der Waals surface area (Å²) >= 11 is 3.96. The van der Waals surface area contributed by atoms with Crippen LogP contribution < -0.4 is 4.74 Å². The third-order valence-electron chi connectivity index (χ3n) is 4.76. The van der Waals surface area contributed by atoms with Gasteiger partial charge in [-0.3, -0.25) is 0 Å². The summed E-state index contributed by atoms with van der Waals surface area (Å²) in [6.07, 6.45) is 2.34. The fourth-order valence-electron chi connectivity index (χ4n) is 3.41. The van der Waals surface area contributed by atoms with E-state index in [2.05, 4.69) is 4.98 Å². The van der Waals surface area contributed by atoms with Crippen LogP contribution in [0.1, 0.15) is 28.2 Å². The molecule has 0 bridgehead atoms. The van der Waals surface area contributed by atoms with Crippen molar-refractivity contribution in [2.45, 2.75) is 11.7 Å². The van der Waals surface area contributed by atoms with Gasteiger partial charge in [-0.1, -0.05) is 41.9 Å². The second kappa shape index (κ2) is 8.47. The van der Waals surface area contributed by atoms with E-state index in [0.29, 0.717) is 38.7 Å². The Labute approximate surface area is 179 Å². The number of nitrogens with zero attached hydrogens (tertiary/aromatic N) is 1. The summed E-state index contributed by atoms with van der Waals surface area (Å²) in [5.41, 5.74) is 3.07. The highest BCUT2D eigenvalue weighted by Crippen LogP contribution is 2.46. The predicted molar refractivity (Wildman–Crippen MR) is 113 cm³/mol. The van der Waals surface area contributed by atoms with E-state index >= 15 is 0 Å². The second-order valence-corrected chi connectivity index (χ2v) is 7.99. The summed E-state index contributed by atoms with van der Waals surface area (Å²) in [5, 5.41) is 0.309. The third kappa shape index (κ3) is 4.05. The molecule has 0 saturated heterocycles. The highest BCUT2D eigenvalue weighted by Gasteiger charge is 2.32. The number of benzene rings is 2. The summed E-state index contributed by atoms with van der Waals surface area (Å²) in [6, 6.07) is 14.3. The number of pyridine rings is 1. The van der Waals surface area contributed by atoms with Crippen LogP contribution in [0, 0.1) is 5.82 Å². The number of ether oxygens (including phenoxy) is 1. The van der Waals surface area contributed by atoms with Gasteiger partial charge in [0.25, 0.3) is 0 Å². The van der Waals surface area contributed by atoms with Crippen molar-refractivity contribution in [3.63, 3.8) is 0 Å².